The van der Waals surface area contributed by atoms with E-state index >= 15 is 0 Å². The van der Waals surface area contributed by atoms with Crippen LogP contribution in [-0.4, -0.2) is 5.11 Å². The summed E-state index contributed by atoms with van der Waals surface area (Å²) in [5.41, 5.74) is 1.54. The molecule has 2 aromatic rings. The Hall–Kier alpha value is -1.46. The third kappa shape index (κ3) is 3.51. The van der Waals surface area contributed by atoms with Crippen LogP contribution in [0.2, 0.25) is 10.0 Å². The Labute approximate surface area is 116 Å². The molecule has 18 heavy (non-hydrogen) atoms. The number of aliphatic hydroxyl groups is 1. The Bertz CT molecular complexity index is 577. The summed E-state index contributed by atoms with van der Waals surface area (Å²) in [6.45, 7) is 0. The van der Waals surface area contributed by atoms with Crippen molar-refractivity contribution >= 4 is 23.2 Å². The zero-order chi connectivity index (χ0) is 13.0. The molecule has 0 spiro atoms. The number of halogens is 2. The molecule has 0 aliphatic rings. The van der Waals surface area contributed by atoms with Crippen molar-refractivity contribution in [3.63, 3.8) is 0 Å². The molecule has 0 aliphatic heterocycles. The fraction of sp³-hybridized carbons (Fsp3) is 0.0667. The average molecular weight is 277 g/mol. The second-order valence-corrected chi connectivity index (χ2v) is 4.60. The van der Waals surface area contributed by atoms with E-state index in [2.05, 4.69) is 11.8 Å². The van der Waals surface area contributed by atoms with Gasteiger partial charge in [-0.2, -0.15) is 0 Å². The molecule has 90 valence electrons. The van der Waals surface area contributed by atoms with Crippen LogP contribution in [0.5, 0.6) is 0 Å². The minimum atomic E-state index is -0.821. The molecule has 0 amide bonds. The summed E-state index contributed by atoms with van der Waals surface area (Å²) in [5.74, 6) is 5.67. The van der Waals surface area contributed by atoms with Crippen LogP contribution in [0.1, 0.15) is 17.2 Å². The molecule has 0 fully saturated rings. The number of rotatable bonds is 1. The molecular weight excluding hydrogens is 267 g/mol. The summed E-state index contributed by atoms with van der Waals surface area (Å²) in [5, 5.41) is 11.2. The maximum Gasteiger partial charge on any atom is 0.140 e. The SMILES string of the molecule is OC(C#Cc1ccc(Cl)cc1)c1ccc(Cl)cc1. The lowest BCUT2D eigenvalue weighted by atomic mass is 10.1. The molecule has 1 N–H and O–H groups in total. The lowest BCUT2D eigenvalue weighted by molar-refractivity contribution is 0.238. The fourth-order valence-electron chi connectivity index (χ4n) is 1.41. The molecule has 2 aromatic carbocycles. The summed E-state index contributed by atoms with van der Waals surface area (Å²) in [7, 11) is 0. The summed E-state index contributed by atoms with van der Waals surface area (Å²) in [4.78, 5) is 0. The van der Waals surface area contributed by atoms with Gasteiger partial charge in [-0.15, -0.1) is 0 Å². The predicted molar refractivity (Wildman–Crippen MR) is 74.7 cm³/mol. The van der Waals surface area contributed by atoms with E-state index in [1.807, 2.05) is 12.1 Å². The highest BCUT2D eigenvalue weighted by Gasteiger charge is 2.02. The molecule has 0 bridgehead atoms. The topological polar surface area (TPSA) is 20.2 Å². The maximum atomic E-state index is 9.88. The minimum Gasteiger partial charge on any atom is -0.376 e. The van der Waals surface area contributed by atoms with Crippen LogP contribution in [0.25, 0.3) is 0 Å². The monoisotopic (exact) mass is 276 g/mol. The largest absolute Gasteiger partial charge is 0.376 e. The first-order valence-corrected chi connectivity index (χ1v) is 6.11. The van der Waals surface area contributed by atoms with Crippen LogP contribution in [0.4, 0.5) is 0 Å². The molecule has 3 heteroatoms. The van der Waals surface area contributed by atoms with Gasteiger partial charge in [0.2, 0.25) is 0 Å². The molecule has 0 radical (unpaired) electrons. The van der Waals surface area contributed by atoms with Gasteiger partial charge in [0, 0.05) is 15.6 Å². The third-order valence-electron chi connectivity index (χ3n) is 2.38. The molecule has 0 saturated carbocycles. The van der Waals surface area contributed by atoms with E-state index in [1.165, 1.54) is 0 Å². The molecule has 0 aliphatic carbocycles. The quantitative estimate of drug-likeness (QED) is 0.779. The highest BCUT2D eigenvalue weighted by atomic mass is 35.5. The summed E-state index contributed by atoms with van der Waals surface area (Å²) in [6, 6.07) is 14.1. The molecular formula is C15H10Cl2O. The number of benzene rings is 2. The Kier molecular flexibility index (Phi) is 4.28. The van der Waals surface area contributed by atoms with Gasteiger partial charge in [0.05, 0.1) is 0 Å². The standard InChI is InChI=1S/C15H10Cl2O/c16-13-6-1-11(2-7-13)3-10-15(18)12-4-8-14(17)9-5-12/h1-2,4-9,15,18H. The van der Waals surface area contributed by atoms with Crippen molar-refractivity contribution < 1.29 is 5.11 Å². The van der Waals surface area contributed by atoms with Gasteiger partial charge in [-0.25, -0.2) is 0 Å². The van der Waals surface area contributed by atoms with E-state index in [0.29, 0.717) is 10.0 Å². The van der Waals surface area contributed by atoms with Crippen molar-refractivity contribution in [1.82, 2.24) is 0 Å². The average Bonchev–Trinajstić information content (AvgIpc) is 2.38. The summed E-state index contributed by atoms with van der Waals surface area (Å²) >= 11 is 11.5. The van der Waals surface area contributed by atoms with E-state index in [9.17, 15) is 5.11 Å². The second-order valence-electron chi connectivity index (χ2n) is 3.73. The van der Waals surface area contributed by atoms with E-state index in [1.54, 1.807) is 36.4 Å². The minimum absolute atomic E-state index is 0.636. The van der Waals surface area contributed by atoms with E-state index in [-0.39, 0.29) is 0 Å². The molecule has 1 unspecified atom stereocenters. The summed E-state index contributed by atoms with van der Waals surface area (Å²) in [6.07, 6.45) is -0.821. The first-order valence-electron chi connectivity index (χ1n) is 5.36. The van der Waals surface area contributed by atoms with Crippen molar-refractivity contribution in [3.05, 3.63) is 69.7 Å². The lowest BCUT2D eigenvalue weighted by Gasteiger charge is -2.02. The van der Waals surface area contributed by atoms with Crippen molar-refractivity contribution in [1.29, 1.82) is 0 Å². The zero-order valence-electron chi connectivity index (χ0n) is 9.40. The molecule has 2 rings (SSSR count). The van der Waals surface area contributed by atoms with Gasteiger partial charge in [-0.3, -0.25) is 0 Å². The van der Waals surface area contributed by atoms with Crippen LogP contribution in [0, 0.1) is 11.8 Å². The van der Waals surface area contributed by atoms with Crippen LogP contribution in [0.3, 0.4) is 0 Å². The number of hydrogen-bond acceptors (Lipinski definition) is 1. The van der Waals surface area contributed by atoms with Gasteiger partial charge < -0.3 is 5.11 Å². The smallest absolute Gasteiger partial charge is 0.140 e. The van der Waals surface area contributed by atoms with Crippen molar-refractivity contribution in [2.45, 2.75) is 6.10 Å². The predicted octanol–water partition coefficient (Wildman–Crippen LogP) is 4.08. The van der Waals surface area contributed by atoms with Crippen LogP contribution >= 0.6 is 23.2 Å². The van der Waals surface area contributed by atoms with Gasteiger partial charge in [0.1, 0.15) is 6.10 Å². The van der Waals surface area contributed by atoms with Gasteiger partial charge >= 0.3 is 0 Å². The second kappa shape index (κ2) is 5.93. The number of hydrogen-bond donors (Lipinski definition) is 1. The lowest BCUT2D eigenvalue weighted by Crippen LogP contribution is -1.92. The first kappa shape index (κ1) is 13.0. The Morgan fingerprint density at radius 3 is 1.89 bits per heavy atom. The van der Waals surface area contributed by atoms with Crippen LogP contribution < -0.4 is 0 Å². The molecule has 0 heterocycles. The Morgan fingerprint density at radius 1 is 0.833 bits per heavy atom. The summed E-state index contributed by atoms with van der Waals surface area (Å²) < 4.78 is 0. The van der Waals surface area contributed by atoms with E-state index < -0.39 is 6.10 Å². The van der Waals surface area contributed by atoms with Gasteiger partial charge in [0.15, 0.2) is 0 Å². The van der Waals surface area contributed by atoms with Crippen molar-refractivity contribution in [3.8, 4) is 11.8 Å². The van der Waals surface area contributed by atoms with Crippen molar-refractivity contribution in [2.75, 3.05) is 0 Å². The van der Waals surface area contributed by atoms with Crippen LogP contribution in [0.15, 0.2) is 48.5 Å². The fourth-order valence-corrected chi connectivity index (χ4v) is 1.67. The molecule has 0 saturated heterocycles. The van der Waals surface area contributed by atoms with E-state index in [0.717, 1.165) is 11.1 Å². The normalized spacial score (nSPS) is 11.5. The van der Waals surface area contributed by atoms with Gasteiger partial charge in [-0.05, 0) is 42.0 Å². The number of aliphatic hydroxyl groups excluding tert-OH is 1. The Balaban J connectivity index is 2.14. The Morgan fingerprint density at radius 2 is 1.33 bits per heavy atom. The first-order chi connectivity index (χ1) is 8.65. The molecule has 0 aromatic heterocycles. The van der Waals surface area contributed by atoms with Crippen LogP contribution in [-0.2, 0) is 0 Å². The highest BCUT2D eigenvalue weighted by Crippen LogP contribution is 2.16. The molecule has 1 nitrogen and oxygen atoms in total. The maximum absolute atomic E-state index is 9.88. The van der Waals surface area contributed by atoms with Gasteiger partial charge in [0.25, 0.3) is 0 Å². The zero-order valence-corrected chi connectivity index (χ0v) is 10.9. The third-order valence-corrected chi connectivity index (χ3v) is 2.89. The van der Waals surface area contributed by atoms with E-state index in [4.69, 9.17) is 23.2 Å². The van der Waals surface area contributed by atoms with Gasteiger partial charge in [-0.1, -0.05) is 47.2 Å². The highest BCUT2D eigenvalue weighted by molar-refractivity contribution is 6.30. The van der Waals surface area contributed by atoms with Crippen molar-refractivity contribution in [2.24, 2.45) is 0 Å². The molecule has 1 atom stereocenters.